The zero-order valence-electron chi connectivity index (χ0n) is 20.1. The molecule has 36 heavy (non-hydrogen) atoms. The average molecular weight is 516 g/mol. The van der Waals surface area contributed by atoms with Gasteiger partial charge in [-0.2, -0.15) is 0 Å². The quantitative estimate of drug-likeness (QED) is 0.351. The number of nitrogens with one attached hydrogen (secondary N) is 2. The number of rotatable bonds is 10. The van der Waals surface area contributed by atoms with Gasteiger partial charge >= 0.3 is 0 Å². The number of piperazine rings is 1. The predicted octanol–water partition coefficient (Wildman–Crippen LogP) is 1.85. The molecule has 9 nitrogen and oxygen atoms in total. The number of fused-ring (bicyclic) bond motifs is 1. The van der Waals surface area contributed by atoms with E-state index in [-0.39, 0.29) is 34.9 Å². The molecule has 0 atom stereocenters. The van der Waals surface area contributed by atoms with Crippen LogP contribution in [-0.2, 0) is 23.1 Å². The van der Waals surface area contributed by atoms with E-state index in [0.717, 1.165) is 31.7 Å². The van der Waals surface area contributed by atoms with E-state index in [4.69, 9.17) is 0 Å². The number of anilines is 1. The summed E-state index contributed by atoms with van der Waals surface area (Å²) in [4.78, 5) is 18.4. The second kappa shape index (κ2) is 11.3. The SMILES string of the molecule is CN(c1c(CNCc2ccc(F)cc2)c(C=O)c(O)c2ncccc12)S(=O)(=O)CCN1CCNCC1. The van der Waals surface area contributed by atoms with Crippen molar-refractivity contribution in [3.63, 3.8) is 0 Å². The molecule has 3 N–H and O–H groups in total. The van der Waals surface area contributed by atoms with Crippen LogP contribution in [0.15, 0.2) is 42.6 Å². The largest absolute Gasteiger partial charge is 0.505 e. The van der Waals surface area contributed by atoms with E-state index in [1.54, 1.807) is 24.3 Å². The fraction of sp³-hybridized carbons (Fsp3) is 0.360. The molecule has 0 bridgehead atoms. The fourth-order valence-corrected chi connectivity index (χ4v) is 5.65. The molecule has 1 saturated heterocycles. The third-order valence-electron chi connectivity index (χ3n) is 6.42. The van der Waals surface area contributed by atoms with Crippen LogP contribution in [0.1, 0.15) is 21.5 Å². The van der Waals surface area contributed by atoms with Crippen molar-refractivity contribution in [1.29, 1.82) is 0 Å². The van der Waals surface area contributed by atoms with Crippen LogP contribution in [0.5, 0.6) is 5.75 Å². The Bertz CT molecular complexity index is 1330. The second-order valence-electron chi connectivity index (χ2n) is 8.71. The van der Waals surface area contributed by atoms with E-state index < -0.39 is 10.0 Å². The zero-order chi connectivity index (χ0) is 25.7. The summed E-state index contributed by atoms with van der Waals surface area (Å²) in [6.07, 6.45) is 1.99. The van der Waals surface area contributed by atoms with Crippen LogP contribution in [0, 0.1) is 5.82 Å². The molecule has 4 rings (SSSR count). The smallest absolute Gasteiger partial charge is 0.236 e. The van der Waals surface area contributed by atoms with Gasteiger partial charge in [0, 0.05) is 70.0 Å². The molecule has 3 aromatic rings. The Kier molecular flexibility index (Phi) is 8.14. The first kappa shape index (κ1) is 26.0. The number of aromatic nitrogens is 1. The number of hydrogen-bond acceptors (Lipinski definition) is 8. The highest BCUT2D eigenvalue weighted by atomic mass is 32.2. The number of halogens is 1. The van der Waals surface area contributed by atoms with E-state index in [9.17, 15) is 22.7 Å². The number of carbonyl (C=O) groups is 1. The number of benzene rings is 2. The molecule has 11 heteroatoms. The maximum atomic E-state index is 13.4. The van der Waals surface area contributed by atoms with Crippen molar-refractivity contribution in [2.24, 2.45) is 0 Å². The van der Waals surface area contributed by atoms with Gasteiger partial charge in [-0.3, -0.25) is 19.0 Å². The van der Waals surface area contributed by atoms with Crippen molar-refractivity contribution in [1.82, 2.24) is 20.5 Å². The normalized spacial score (nSPS) is 14.7. The van der Waals surface area contributed by atoms with E-state index in [0.29, 0.717) is 36.0 Å². The van der Waals surface area contributed by atoms with Gasteiger partial charge in [-0.15, -0.1) is 0 Å². The maximum Gasteiger partial charge on any atom is 0.236 e. The molecule has 0 radical (unpaired) electrons. The number of carbonyl (C=O) groups excluding carboxylic acids is 1. The predicted molar refractivity (Wildman–Crippen MR) is 137 cm³/mol. The topological polar surface area (TPSA) is 115 Å². The molecule has 2 heterocycles. The van der Waals surface area contributed by atoms with Gasteiger partial charge in [-0.05, 0) is 29.8 Å². The number of pyridine rings is 1. The molecule has 0 unspecified atom stereocenters. The van der Waals surface area contributed by atoms with Crippen molar-refractivity contribution in [2.75, 3.05) is 49.8 Å². The number of aldehydes is 1. The Morgan fingerprint density at radius 3 is 2.61 bits per heavy atom. The van der Waals surface area contributed by atoms with Crippen LogP contribution in [-0.4, -0.2) is 75.2 Å². The fourth-order valence-electron chi connectivity index (χ4n) is 4.40. The Hall–Kier alpha value is -3.12. The lowest BCUT2D eigenvalue weighted by Gasteiger charge is -2.29. The summed E-state index contributed by atoms with van der Waals surface area (Å²) in [7, 11) is -2.31. The Morgan fingerprint density at radius 1 is 1.19 bits per heavy atom. The third-order valence-corrected chi connectivity index (χ3v) is 8.14. The number of phenolic OH excluding ortho intramolecular Hbond substituents is 1. The third kappa shape index (κ3) is 5.65. The monoisotopic (exact) mass is 515 g/mol. The minimum Gasteiger partial charge on any atom is -0.505 e. The highest BCUT2D eigenvalue weighted by Crippen LogP contribution is 2.39. The summed E-state index contributed by atoms with van der Waals surface area (Å²) in [5, 5.41) is 17.7. The highest BCUT2D eigenvalue weighted by molar-refractivity contribution is 7.92. The first-order valence-electron chi connectivity index (χ1n) is 11.7. The van der Waals surface area contributed by atoms with Crippen LogP contribution in [0.4, 0.5) is 10.1 Å². The van der Waals surface area contributed by atoms with Gasteiger partial charge in [0.2, 0.25) is 10.0 Å². The van der Waals surface area contributed by atoms with Crippen molar-refractivity contribution in [3.8, 4) is 5.75 Å². The van der Waals surface area contributed by atoms with Crippen LogP contribution < -0.4 is 14.9 Å². The van der Waals surface area contributed by atoms with Gasteiger partial charge in [0.15, 0.2) is 12.0 Å². The standard InChI is InChI=1S/C25H30FN5O4S/c1-30(36(34,35)14-13-31-11-9-27-10-12-31)24-20-3-2-8-29-23(20)25(33)22(17-32)21(24)16-28-15-18-4-6-19(26)7-5-18/h2-8,17,27-28,33H,9-16H2,1H3. The molecule has 0 spiro atoms. The first-order chi connectivity index (χ1) is 17.3. The first-order valence-corrected chi connectivity index (χ1v) is 13.4. The number of aromatic hydroxyl groups is 1. The van der Waals surface area contributed by atoms with Crippen molar-refractivity contribution in [3.05, 3.63) is 65.1 Å². The van der Waals surface area contributed by atoms with Gasteiger partial charge in [0.05, 0.1) is 17.0 Å². The van der Waals surface area contributed by atoms with Crippen LogP contribution in [0.2, 0.25) is 0 Å². The summed E-state index contributed by atoms with van der Waals surface area (Å²) < 4.78 is 41.3. The Balaban J connectivity index is 1.68. The minimum atomic E-state index is -3.77. The van der Waals surface area contributed by atoms with E-state index in [2.05, 4.69) is 20.5 Å². The molecule has 2 aromatic carbocycles. The number of nitrogens with zero attached hydrogens (tertiary/aromatic N) is 3. The van der Waals surface area contributed by atoms with Gasteiger partial charge in [-0.1, -0.05) is 12.1 Å². The summed E-state index contributed by atoms with van der Waals surface area (Å²) in [5.74, 6) is -0.733. The van der Waals surface area contributed by atoms with E-state index in [1.165, 1.54) is 29.7 Å². The molecule has 1 fully saturated rings. The minimum absolute atomic E-state index is 0.0213. The van der Waals surface area contributed by atoms with Gasteiger partial charge in [0.25, 0.3) is 0 Å². The molecular weight excluding hydrogens is 485 g/mol. The van der Waals surface area contributed by atoms with Crippen molar-refractivity contribution >= 4 is 32.9 Å². The average Bonchev–Trinajstić information content (AvgIpc) is 2.89. The van der Waals surface area contributed by atoms with E-state index >= 15 is 0 Å². The molecule has 192 valence electrons. The van der Waals surface area contributed by atoms with Gasteiger partial charge in [0.1, 0.15) is 11.3 Å². The lowest BCUT2D eigenvalue weighted by molar-refractivity contribution is 0.112. The summed E-state index contributed by atoms with van der Waals surface area (Å²) in [6, 6.07) is 9.31. The highest BCUT2D eigenvalue weighted by Gasteiger charge is 2.28. The van der Waals surface area contributed by atoms with Crippen LogP contribution in [0.25, 0.3) is 10.9 Å². The van der Waals surface area contributed by atoms with Crippen LogP contribution in [0.3, 0.4) is 0 Å². The molecular formula is C25H30FN5O4S. The van der Waals surface area contributed by atoms with Gasteiger partial charge < -0.3 is 15.7 Å². The Morgan fingerprint density at radius 2 is 1.92 bits per heavy atom. The molecule has 1 aliphatic heterocycles. The number of phenols is 1. The summed E-state index contributed by atoms with van der Waals surface area (Å²) in [6.45, 7) is 4.02. The molecule has 1 aromatic heterocycles. The molecule has 0 aliphatic carbocycles. The Labute approximate surface area is 210 Å². The zero-order valence-corrected chi connectivity index (χ0v) is 20.9. The molecule has 0 saturated carbocycles. The van der Waals surface area contributed by atoms with Crippen molar-refractivity contribution in [2.45, 2.75) is 13.1 Å². The van der Waals surface area contributed by atoms with E-state index in [1.807, 2.05) is 0 Å². The van der Waals surface area contributed by atoms with Crippen molar-refractivity contribution < 1.29 is 22.7 Å². The molecule has 1 aliphatic rings. The summed E-state index contributed by atoms with van der Waals surface area (Å²) in [5.41, 5.74) is 1.59. The summed E-state index contributed by atoms with van der Waals surface area (Å²) >= 11 is 0. The lowest BCUT2D eigenvalue weighted by atomic mass is 9.99. The number of hydrogen-bond donors (Lipinski definition) is 3. The number of sulfonamides is 1. The van der Waals surface area contributed by atoms with Gasteiger partial charge in [-0.25, -0.2) is 12.8 Å². The lowest BCUT2D eigenvalue weighted by Crippen LogP contribution is -2.46. The van der Waals surface area contributed by atoms with Crippen LogP contribution >= 0.6 is 0 Å². The second-order valence-corrected chi connectivity index (χ2v) is 10.8. The molecule has 0 amide bonds. The maximum absolute atomic E-state index is 13.4.